The Hall–Kier alpha value is -1.95. The number of carbonyl (C=O) groups excluding carboxylic acids is 2. The highest BCUT2D eigenvalue weighted by molar-refractivity contribution is 5.97. The highest BCUT2D eigenvalue weighted by atomic mass is 19.1. The van der Waals surface area contributed by atoms with Crippen LogP contribution in [0, 0.1) is 17.2 Å². The van der Waals surface area contributed by atoms with E-state index < -0.39 is 17.8 Å². The zero-order valence-electron chi connectivity index (χ0n) is 15.6. The van der Waals surface area contributed by atoms with Gasteiger partial charge in [-0.1, -0.05) is 26.0 Å². The zero-order valence-corrected chi connectivity index (χ0v) is 15.6. The summed E-state index contributed by atoms with van der Waals surface area (Å²) >= 11 is 0. The van der Waals surface area contributed by atoms with Crippen molar-refractivity contribution in [1.82, 2.24) is 15.5 Å². The second-order valence-electron chi connectivity index (χ2n) is 7.93. The van der Waals surface area contributed by atoms with Gasteiger partial charge in [0.15, 0.2) is 0 Å². The number of hydrogen-bond donors (Lipinski definition) is 2. The summed E-state index contributed by atoms with van der Waals surface area (Å²) in [6.07, 6.45) is 3.17. The molecule has 2 fully saturated rings. The normalized spacial score (nSPS) is 20.4. The average molecular weight is 361 g/mol. The van der Waals surface area contributed by atoms with Crippen LogP contribution in [-0.2, 0) is 4.79 Å². The lowest BCUT2D eigenvalue weighted by Gasteiger charge is -2.40. The van der Waals surface area contributed by atoms with E-state index in [1.165, 1.54) is 18.6 Å². The van der Waals surface area contributed by atoms with E-state index in [1.807, 2.05) is 18.7 Å². The molecular weight excluding hydrogens is 333 g/mol. The zero-order chi connectivity index (χ0) is 18.7. The Bertz CT molecular complexity index is 661. The predicted molar refractivity (Wildman–Crippen MR) is 98.2 cm³/mol. The summed E-state index contributed by atoms with van der Waals surface area (Å²) in [5, 5.41) is 6.17. The highest BCUT2D eigenvalue weighted by Crippen LogP contribution is 2.37. The number of amides is 2. The van der Waals surface area contributed by atoms with Gasteiger partial charge in [-0.25, -0.2) is 4.39 Å². The van der Waals surface area contributed by atoms with Crippen molar-refractivity contribution in [3.05, 3.63) is 35.6 Å². The van der Waals surface area contributed by atoms with E-state index in [4.69, 9.17) is 0 Å². The van der Waals surface area contributed by atoms with Gasteiger partial charge in [-0.15, -0.1) is 0 Å². The number of rotatable bonds is 4. The van der Waals surface area contributed by atoms with Crippen LogP contribution >= 0.6 is 0 Å². The van der Waals surface area contributed by atoms with Crippen LogP contribution in [0.3, 0.4) is 0 Å². The Balaban J connectivity index is 1.65. The van der Waals surface area contributed by atoms with Gasteiger partial charge in [0.25, 0.3) is 5.91 Å². The van der Waals surface area contributed by atoms with Gasteiger partial charge in [0.1, 0.15) is 11.9 Å². The number of benzene rings is 1. The number of likely N-dealkylation sites (tertiary alicyclic amines) is 1. The van der Waals surface area contributed by atoms with Crippen LogP contribution in [0.4, 0.5) is 4.39 Å². The molecule has 6 heteroatoms. The molecule has 0 aromatic heterocycles. The van der Waals surface area contributed by atoms with Gasteiger partial charge in [-0.05, 0) is 49.3 Å². The number of nitrogens with one attached hydrogen (secondary N) is 2. The number of nitrogens with zero attached hydrogens (tertiary/aromatic N) is 1. The molecule has 2 aliphatic heterocycles. The van der Waals surface area contributed by atoms with Crippen molar-refractivity contribution < 1.29 is 14.0 Å². The first-order valence-corrected chi connectivity index (χ1v) is 9.47. The van der Waals surface area contributed by atoms with E-state index in [0.717, 1.165) is 39.0 Å². The lowest BCUT2D eigenvalue weighted by atomic mass is 9.77. The Morgan fingerprint density at radius 2 is 1.88 bits per heavy atom. The molecule has 26 heavy (non-hydrogen) atoms. The molecule has 0 saturated carbocycles. The fourth-order valence-corrected chi connectivity index (χ4v) is 4.00. The van der Waals surface area contributed by atoms with Crippen molar-refractivity contribution in [2.24, 2.45) is 11.3 Å². The lowest BCUT2D eigenvalue weighted by molar-refractivity contribution is -0.136. The summed E-state index contributed by atoms with van der Waals surface area (Å²) in [6.45, 7) is 7.33. The topological polar surface area (TPSA) is 61.4 Å². The first kappa shape index (κ1) is 18.8. The minimum absolute atomic E-state index is 0.0272. The molecule has 5 nitrogen and oxygen atoms in total. The van der Waals surface area contributed by atoms with Crippen LogP contribution in [0.15, 0.2) is 24.3 Å². The number of carbonyl (C=O) groups is 2. The maximum Gasteiger partial charge on any atom is 0.254 e. The number of halogens is 1. The van der Waals surface area contributed by atoms with Gasteiger partial charge in [-0.3, -0.25) is 9.59 Å². The predicted octanol–water partition coefficient (Wildman–Crippen LogP) is 2.18. The van der Waals surface area contributed by atoms with Gasteiger partial charge >= 0.3 is 0 Å². The maximum atomic E-state index is 13.9. The first-order chi connectivity index (χ1) is 12.4. The van der Waals surface area contributed by atoms with Crippen molar-refractivity contribution in [1.29, 1.82) is 0 Å². The summed E-state index contributed by atoms with van der Waals surface area (Å²) in [6, 6.07) is 5.20. The fourth-order valence-electron chi connectivity index (χ4n) is 4.00. The Kier molecular flexibility index (Phi) is 5.61. The second kappa shape index (κ2) is 7.74. The molecule has 1 unspecified atom stereocenters. The SMILES string of the molecule is CC(C)C(NC(=O)c1ccccc1F)C(=O)N1CCC2(CCNC2)CC1. The summed E-state index contributed by atoms with van der Waals surface area (Å²) in [5.41, 5.74) is 0.307. The molecule has 2 amide bonds. The summed E-state index contributed by atoms with van der Waals surface area (Å²) in [4.78, 5) is 27.3. The Morgan fingerprint density at radius 1 is 1.19 bits per heavy atom. The number of piperidine rings is 1. The molecule has 142 valence electrons. The standard InChI is InChI=1S/C20H28FN3O2/c1-14(2)17(23-18(25)15-5-3-4-6-16(15)21)19(26)24-11-8-20(9-12-24)7-10-22-13-20/h3-6,14,17,22H,7-13H2,1-2H3,(H,23,25). The van der Waals surface area contributed by atoms with Crippen LogP contribution in [0.25, 0.3) is 0 Å². The summed E-state index contributed by atoms with van der Waals surface area (Å²) < 4.78 is 13.9. The third-order valence-corrected chi connectivity index (χ3v) is 5.81. The van der Waals surface area contributed by atoms with Crippen LogP contribution in [0.1, 0.15) is 43.5 Å². The van der Waals surface area contributed by atoms with Crippen LogP contribution in [0.2, 0.25) is 0 Å². The van der Waals surface area contributed by atoms with E-state index in [0.29, 0.717) is 5.41 Å². The third kappa shape index (κ3) is 3.90. The van der Waals surface area contributed by atoms with Gasteiger partial charge < -0.3 is 15.5 Å². The van der Waals surface area contributed by atoms with Gasteiger partial charge in [0.05, 0.1) is 5.56 Å². The smallest absolute Gasteiger partial charge is 0.254 e. The average Bonchev–Trinajstić information content (AvgIpc) is 3.07. The molecule has 1 aromatic carbocycles. The van der Waals surface area contributed by atoms with Crippen molar-refractivity contribution in [3.8, 4) is 0 Å². The van der Waals surface area contributed by atoms with Crippen molar-refractivity contribution >= 4 is 11.8 Å². The molecule has 0 bridgehead atoms. The molecule has 1 atom stereocenters. The molecular formula is C20H28FN3O2. The molecule has 2 N–H and O–H groups in total. The molecule has 1 spiro atoms. The maximum absolute atomic E-state index is 13.9. The van der Waals surface area contributed by atoms with E-state index in [2.05, 4.69) is 10.6 Å². The van der Waals surface area contributed by atoms with E-state index >= 15 is 0 Å². The van der Waals surface area contributed by atoms with Crippen LogP contribution in [0.5, 0.6) is 0 Å². The van der Waals surface area contributed by atoms with Crippen molar-refractivity contribution in [2.45, 2.75) is 39.2 Å². The Morgan fingerprint density at radius 3 is 2.46 bits per heavy atom. The second-order valence-corrected chi connectivity index (χ2v) is 7.93. The first-order valence-electron chi connectivity index (χ1n) is 9.47. The molecule has 3 rings (SSSR count). The van der Waals surface area contributed by atoms with Gasteiger partial charge in [0, 0.05) is 19.6 Å². The fraction of sp³-hybridized carbons (Fsp3) is 0.600. The molecule has 2 saturated heterocycles. The minimum atomic E-state index is -0.641. The van der Waals surface area contributed by atoms with E-state index in [1.54, 1.807) is 12.1 Å². The summed E-state index contributed by atoms with van der Waals surface area (Å²) in [5.74, 6) is -1.25. The number of hydrogen-bond acceptors (Lipinski definition) is 3. The van der Waals surface area contributed by atoms with Crippen molar-refractivity contribution in [3.63, 3.8) is 0 Å². The molecule has 0 radical (unpaired) electrons. The monoisotopic (exact) mass is 361 g/mol. The summed E-state index contributed by atoms with van der Waals surface area (Å²) in [7, 11) is 0. The van der Waals surface area contributed by atoms with E-state index in [-0.39, 0.29) is 17.4 Å². The van der Waals surface area contributed by atoms with Crippen LogP contribution < -0.4 is 10.6 Å². The van der Waals surface area contributed by atoms with Crippen molar-refractivity contribution in [2.75, 3.05) is 26.2 Å². The van der Waals surface area contributed by atoms with E-state index in [9.17, 15) is 14.0 Å². The third-order valence-electron chi connectivity index (χ3n) is 5.81. The largest absolute Gasteiger partial charge is 0.341 e. The quantitative estimate of drug-likeness (QED) is 0.864. The molecule has 2 aliphatic rings. The molecule has 0 aliphatic carbocycles. The molecule has 2 heterocycles. The molecule has 1 aromatic rings. The van der Waals surface area contributed by atoms with Gasteiger partial charge in [-0.2, -0.15) is 0 Å². The lowest BCUT2D eigenvalue weighted by Crippen LogP contribution is -2.54. The highest BCUT2D eigenvalue weighted by Gasteiger charge is 2.39. The Labute approximate surface area is 154 Å². The minimum Gasteiger partial charge on any atom is -0.341 e. The van der Waals surface area contributed by atoms with Gasteiger partial charge in [0.2, 0.25) is 5.91 Å². The van der Waals surface area contributed by atoms with Crippen LogP contribution in [-0.4, -0.2) is 48.9 Å².